The molecule has 17 heavy (non-hydrogen) atoms. The first kappa shape index (κ1) is 12.2. The molecule has 4 nitrogen and oxygen atoms in total. The van der Waals surface area contributed by atoms with Crippen LogP contribution in [0, 0.1) is 0 Å². The minimum atomic E-state index is -0.195. The van der Waals surface area contributed by atoms with E-state index in [-0.39, 0.29) is 11.4 Å². The van der Waals surface area contributed by atoms with Crippen LogP contribution in [0.4, 0.5) is 0 Å². The summed E-state index contributed by atoms with van der Waals surface area (Å²) in [6.45, 7) is 2.49. The van der Waals surface area contributed by atoms with Gasteiger partial charge in [0, 0.05) is 13.0 Å². The lowest BCUT2D eigenvalue weighted by Gasteiger charge is -2.28. The van der Waals surface area contributed by atoms with Gasteiger partial charge in [-0.1, -0.05) is 19.8 Å². The van der Waals surface area contributed by atoms with Gasteiger partial charge < -0.3 is 15.5 Å². The fourth-order valence-electron chi connectivity index (χ4n) is 2.56. The van der Waals surface area contributed by atoms with Crippen molar-refractivity contribution in [3.8, 4) is 0 Å². The van der Waals surface area contributed by atoms with E-state index < -0.39 is 0 Å². The van der Waals surface area contributed by atoms with E-state index in [2.05, 4.69) is 5.32 Å². The van der Waals surface area contributed by atoms with E-state index in [1.807, 2.05) is 6.92 Å². The van der Waals surface area contributed by atoms with Crippen LogP contribution >= 0.6 is 0 Å². The molecule has 1 aromatic heterocycles. The normalized spacial score (nSPS) is 18.2. The van der Waals surface area contributed by atoms with Crippen LogP contribution in [-0.4, -0.2) is 18.0 Å². The van der Waals surface area contributed by atoms with Crippen LogP contribution in [-0.2, 0) is 6.42 Å². The molecule has 0 bridgehead atoms. The summed E-state index contributed by atoms with van der Waals surface area (Å²) >= 11 is 0. The highest BCUT2D eigenvalue weighted by atomic mass is 16.3. The third kappa shape index (κ3) is 2.36. The van der Waals surface area contributed by atoms with E-state index in [4.69, 9.17) is 10.2 Å². The third-order valence-corrected chi connectivity index (χ3v) is 3.64. The van der Waals surface area contributed by atoms with Gasteiger partial charge in [0.25, 0.3) is 5.91 Å². The zero-order valence-corrected chi connectivity index (χ0v) is 10.3. The molecule has 4 heteroatoms. The number of carbonyl (C=O) groups excluding carboxylic acids is 1. The number of aryl methyl sites for hydroxylation is 1. The molecule has 0 spiro atoms. The van der Waals surface area contributed by atoms with Crippen molar-refractivity contribution in [2.75, 3.05) is 6.54 Å². The quantitative estimate of drug-likeness (QED) is 0.838. The second-order valence-electron chi connectivity index (χ2n) is 4.76. The summed E-state index contributed by atoms with van der Waals surface area (Å²) < 4.78 is 5.27. The summed E-state index contributed by atoms with van der Waals surface area (Å²) in [6.07, 6.45) is 6.54. The molecule has 0 saturated heterocycles. The lowest BCUT2D eigenvalue weighted by Crippen LogP contribution is -2.51. The van der Waals surface area contributed by atoms with Crippen molar-refractivity contribution >= 4 is 5.91 Å². The van der Waals surface area contributed by atoms with Crippen LogP contribution in [0.1, 0.15) is 48.7 Å². The summed E-state index contributed by atoms with van der Waals surface area (Å²) in [5.74, 6) is 0.690. The summed E-state index contributed by atoms with van der Waals surface area (Å²) in [6, 6.07) is 1.73. The van der Waals surface area contributed by atoms with Gasteiger partial charge in [-0.2, -0.15) is 0 Å². The lowest BCUT2D eigenvalue weighted by atomic mass is 9.97. The highest BCUT2D eigenvalue weighted by Gasteiger charge is 2.34. The first-order chi connectivity index (χ1) is 8.21. The van der Waals surface area contributed by atoms with E-state index in [1.165, 1.54) is 0 Å². The number of hydrogen-bond donors (Lipinski definition) is 2. The van der Waals surface area contributed by atoms with E-state index in [0.717, 1.165) is 37.9 Å². The Morgan fingerprint density at radius 1 is 1.53 bits per heavy atom. The lowest BCUT2D eigenvalue weighted by molar-refractivity contribution is 0.0901. The van der Waals surface area contributed by atoms with E-state index in [1.54, 1.807) is 12.3 Å². The van der Waals surface area contributed by atoms with Gasteiger partial charge in [-0.15, -0.1) is 0 Å². The average molecular weight is 236 g/mol. The van der Waals surface area contributed by atoms with Crippen LogP contribution < -0.4 is 11.1 Å². The van der Waals surface area contributed by atoms with Crippen molar-refractivity contribution in [1.29, 1.82) is 0 Å². The highest BCUT2D eigenvalue weighted by Crippen LogP contribution is 2.29. The van der Waals surface area contributed by atoms with Gasteiger partial charge in [0.2, 0.25) is 0 Å². The smallest absolute Gasteiger partial charge is 0.255 e. The molecule has 3 N–H and O–H groups in total. The number of furan rings is 1. The maximum Gasteiger partial charge on any atom is 0.255 e. The van der Waals surface area contributed by atoms with Crippen LogP contribution in [0.25, 0.3) is 0 Å². The van der Waals surface area contributed by atoms with Crippen molar-refractivity contribution < 1.29 is 9.21 Å². The Balaban J connectivity index is 2.11. The van der Waals surface area contributed by atoms with Gasteiger partial charge in [-0.25, -0.2) is 0 Å². The zero-order valence-electron chi connectivity index (χ0n) is 10.3. The SMILES string of the molecule is CCc1occc1C(=O)NC1(CN)CCCC1. The molecule has 1 amide bonds. The van der Waals surface area contributed by atoms with Gasteiger partial charge in [0.05, 0.1) is 17.4 Å². The molecule has 1 saturated carbocycles. The number of rotatable bonds is 4. The zero-order chi connectivity index (χ0) is 12.3. The minimum absolute atomic E-state index is 0.0528. The molecule has 0 aliphatic heterocycles. The monoisotopic (exact) mass is 236 g/mol. The second kappa shape index (κ2) is 4.92. The Morgan fingerprint density at radius 3 is 2.82 bits per heavy atom. The van der Waals surface area contributed by atoms with E-state index >= 15 is 0 Å². The van der Waals surface area contributed by atoms with Crippen molar-refractivity contribution in [1.82, 2.24) is 5.32 Å². The highest BCUT2D eigenvalue weighted by molar-refractivity contribution is 5.95. The summed E-state index contributed by atoms with van der Waals surface area (Å²) in [4.78, 5) is 12.2. The van der Waals surface area contributed by atoms with Gasteiger partial charge in [0.15, 0.2) is 0 Å². The summed E-state index contributed by atoms with van der Waals surface area (Å²) in [5.41, 5.74) is 6.25. The van der Waals surface area contributed by atoms with Crippen LogP contribution in [0.2, 0.25) is 0 Å². The molecule has 1 heterocycles. The van der Waals surface area contributed by atoms with Crippen LogP contribution in [0.5, 0.6) is 0 Å². The molecule has 0 atom stereocenters. The minimum Gasteiger partial charge on any atom is -0.469 e. The topological polar surface area (TPSA) is 68.3 Å². The average Bonchev–Trinajstić information content (AvgIpc) is 2.97. The van der Waals surface area contributed by atoms with Gasteiger partial charge in [-0.3, -0.25) is 4.79 Å². The molecule has 0 radical (unpaired) electrons. The summed E-state index contributed by atoms with van der Waals surface area (Å²) in [7, 11) is 0. The number of amides is 1. The molecule has 94 valence electrons. The van der Waals surface area contributed by atoms with Crippen molar-refractivity contribution in [3.63, 3.8) is 0 Å². The Labute approximate surface area is 102 Å². The van der Waals surface area contributed by atoms with Crippen LogP contribution in [0.15, 0.2) is 16.7 Å². The predicted octanol–water partition coefficient (Wildman–Crippen LogP) is 1.84. The Kier molecular flexibility index (Phi) is 3.52. The molecule has 1 aliphatic rings. The maximum absolute atomic E-state index is 12.2. The fraction of sp³-hybridized carbons (Fsp3) is 0.615. The number of carbonyl (C=O) groups is 1. The third-order valence-electron chi connectivity index (χ3n) is 3.64. The Bertz CT molecular complexity index is 392. The van der Waals surface area contributed by atoms with Crippen molar-refractivity contribution in [2.45, 2.75) is 44.6 Å². The van der Waals surface area contributed by atoms with Gasteiger partial charge in [0.1, 0.15) is 5.76 Å². The Hall–Kier alpha value is -1.29. The van der Waals surface area contributed by atoms with Crippen molar-refractivity contribution in [2.24, 2.45) is 5.73 Å². The fourth-order valence-corrected chi connectivity index (χ4v) is 2.56. The second-order valence-corrected chi connectivity index (χ2v) is 4.76. The molecule has 1 fully saturated rings. The molecule has 2 rings (SSSR count). The van der Waals surface area contributed by atoms with E-state index in [9.17, 15) is 4.79 Å². The molecule has 1 aliphatic carbocycles. The van der Waals surface area contributed by atoms with E-state index in [0.29, 0.717) is 12.1 Å². The number of hydrogen-bond acceptors (Lipinski definition) is 3. The van der Waals surface area contributed by atoms with Gasteiger partial charge >= 0.3 is 0 Å². The standard InChI is InChI=1S/C13H20N2O2/c1-2-11-10(5-8-17-11)12(16)15-13(9-14)6-3-4-7-13/h5,8H,2-4,6-7,9,14H2,1H3,(H,15,16). The molecular weight excluding hydrogens is 216 g/mol. The maximum atomic E-state index is 12.2. The van der Waals surface area contributed by atoms with Crippen molar-refractivity contribution in [3.05, 3.63) is 23.7 Å². The Morgan fingerprint density at radius 2 is 2.24 bits per heavy atom. The predicted molar refractivity (Wildman–Crippen MR) is 65.8 cm³/mol. The molecule has 1 aromatic rings. The summed E-state index contributed by atoms with van der Waals surface area (Å²) in [5, 5.41) is 3.10. The van der Waals surface area contributed by atoms with Crippen LogP contribution in [0.3, 0.4) is 0 Å². The first-order valence-corrected chi connectivity index (χ1v) is 6.30. The van der Waals surface area contributed by atoms with Gasteiger partial charge in [-0.05, 0) is 18.9 Å². The molecule has 0 aromatic carbocycles. The molecular formula is C13H20N2O2. The number of nitrogens with two attached hydrogens (primary N) is 1. The first-order valence-electron chi connectivity index (χ1n) is 6.30. The largest absolute Gasteiger partial charge is 0.469 e. The number of nitrogens with one attached hydrogen (secondary N) is 1. The molecule has 0 unspecified atom stereocenters.